The fourth-order valence-electron chi connectivity index (χ4n) is 3.51. The van der Waals surface area contributed by atoms with Crippen molar-refractivity contribution in [2.24, 2.45) is 5.73 Å². The van der Waals surface area contributed by atoms with Gasteiger partial charge in [0.05, 0.1) is 5.69 Å². The van der Waals surface area contributed by atoms with Crippen LogP contribution in [0, 0.1) is 0 Å². The first-order valence-corrected chi connectivity index (χ1v) is 9.49. The maximum Gasteiger partial charge on any atom is 0.136 e. The smallest absolute Gasteiger partial charge is 0.136 e. The van der Waals surface area contributed by atoms with Gasteiger partial charge in [0.15, 0.2) is 0 Å². The molecule has 1 aromatic heterocycles. The lowest BCUT2D eigenvalue weighted by Gasteiger charge is -2.12. The van der Waals surface area contributed by atoms with Crippen LogP contribution in [0.4, 0.5) is 0 Å². The molecule has 0 saturated heterocycles. The minimum absolute atomic E-state index is 0.728. The Morgan fingerprint density at radius 3 is 2.37 bits per heavy atom. The second kappa shape index (κ2) is 8.11. The molecule has 0 bridgehead atoms. The molecule has 3 heteroatoms. The van der Waals surface area contributed by atoms with Gasteiger partial charge in [-0.05, 0) is 61.7 Å². The summed E-state index contributed by atoms with van der Waals surface area (Å²) in [6, 6.07) is 26.6. The number of para-hydroxylation sites is 3. The van der Waals surface area contributed by atoms with Gasteiger partial charge in [0.2, 0.25) is 0 Å². The minimum Gasteiger partial charge on any atom is -0.457 e. The molecule has 27 heavy (non-hydrogen) atoms. The molecule has 4 rings (SSSR count). The Labute approximate surface area is 159 Å². The molecule has 0 saturated carbocycles. The molecule has 0 radical (unpaired) electrons. The van der Waals surface area contributed by atoms with E-state index >= 15 is 0 Å². The van der Waals surface area contributed by atoms with Crippen LogP contribution in [-0.2, 0) is 6.42 Å². The number of nitrogens with one attached hydrogen (secondary N) is 1. The van der Waals surface area contributed by atoms with Crippen molar-refractivity contribution in [3.8, 4) is 22.8 Å². The third-order valence-electron chi connectivity index (χ3n) is 4.82. The summed E-state index contributed by atoms with van der Waals surface area (Å²) >= 11 is 0. The van der Waals surface area contributed by atoms with Crippen LogP contribution in [0.1, 0.15) is 18.4 Å². The van der Waals surface area contributed by atoms with Gasteiger partial charge < -0.3 is 15.5 Å². The first-order valence-electron chi connectivity index (χ1n) is 9.49. The Morgan fingerprint density at radius 1 is 0.778 bits per heavy atom. The van der Waals surface area contributed by atoms with Gasteiger partial charge in [0, 0.05) is 16.5 Å². The Morgan fingerprint density at radius 2 is 1.52 bits per heavy atom. The number of nitrogens with two attached hydrogens (primary N) is 1. The van der Waals surface area contributed by atoms with Gasteiger partial charge in [0.1, 0.15) is 11.5 Å². The summed E-state index contributed by atoms with van der Waals surface area (Å²) in [4.78, 5) is 3.62. The largest absolute Gasteiger partial charge is 0.457 e. The number of rotatable bonds is 7. The number of benzene rings is 3. The molecule has 0 atom stereocenters. The van der Waals surface area contributed by atoms with Crippen molar-refractivity contribution in [2.45, 2.75) is 19.3 Å². The Hall–Kier alpha value is -3.04. The molecule has 3 N–H and O–H groups in total. The van der Waals surface area contributed by atoms with E-state index in [1.165, 1.54) is 10.9 Å². The van der Waals surface area contributed by atoms with Crippen molar-refractivity contribution in [3.05, 3.63) is 84.4 Å². The van der Waals surface area contributed by atoms with Gasteiger partial charge in [-0.2, -0.15) is 0 Å². The fraction of sp³-hybridized carbons (Fsp3) is 0.167. The van der Waals surface area contributed by atoms with E-state index < -0.39 is 0 Å². The average Bonchev–Trinajstić information content (AvgIpc) is 3.08. The van der Waals surface area contributed by atoms with E-state index in [4.69, 9.17) is 10.5 Å². The van der Waals surface area contributed by atoms with Gasteiger partial charge in [-0.1, -0.05) is 48.5 Å². The topological polar surface area (TPSA) is 51.0 Å². The van der Waals surface area contributed by atoms with Crippen LogP contribution in [0.5, 0.6) is 11.5 Å². The van der Waals surface area contributed by atoms with Gasteiger partial charge in [-0.15, -0.1) is 0 Å². The van der Waals surface area contributed by atoms with E-state index in [0.29, 0.717) is 0 Å². The predicted molar refractivity (Wildman–Crippen MR) is 112 cm³/mol. The van der Waals surface area contributed by atoms with Crippen molar-refractivity contribution in [2.75, 3.05) is 6.54 Å². The summed E-state index contributed by atoms with van der Waals surface area (Å²) in [5.74, 6) is 1.70. The molecule has 136 valence electrons. The van der Waals surface area contributed by atoms with Crippen molar-refractivity contribution < 1.29 is 4.74 Å². The molecule has 4 aromatic rings. The summed E-state index contributed by atoms with van der Waals surface area (Å²) in [5.41, 5.74) is 10.4. The second-order valence-electron chi connectivity index (χ2n) is 6.68. The number of aryl methyl sites for hydroxylation is 1. The van der Waals surface area contributed by atoms with Gasteiger partial charge in [0.25, 0.3) is 0 Å². The Kier molecular flexibility index (Phi) is 5.22. The molecule has 0 fully saturated rings. The van der Waals surface area contributed by atoms with Crippen LogP contribution in [0.2, 0.25) is 0 Å². The third-order valence-corrected chi connectivity index (χ3v) is 4.82. The van der Waals surface area contributed by atoms with Crippen LogP contribution < -0.4 is 10.5 Å². The highest BCUT2D eigenvalue weighted by Crippen LogP contribution is 2.38. The van der Waals surface area contributed by atoms with E-state index in [0.717, 1.165) is 54.1 Å². The number of aromatic nitrogens is 1. The highest BCUT2D eigenvalue weighted by atomic mass is 16.5. The molecule has 0 spiro atoms. The molecule has 3 nitrogen and oxygen atoms in total. The zero-order valence-corrected chi connectivity index (χ0v) is 15.3. The van der Waals surface area contributed by atoms with Crippen molar-refractivity contribution >= 4 is 10.9 Å². The number of ether oxygens (including phenoxy) is 1. The lowest BCUT2D eigenvalue weighted by Crippen LogP contribution is -1.99. The van der Waals surface area contributed by atoms with Crippen LogP contribution in [0.25, 0.3) is 22.2 Å². The first-order chi connectivity index (χ1) is 13.4. The summed E-state index contributed by atoms with van der Waals surface area (Å²) in [5, 5.41) is 1.28. The molecule has 0 unspecified atom stereocenters. The molecule has 0 aliphatic heterocycles. The number of aromatic amines is 1. The molecule has 0 aliphatic carbocycles. The van der Waals surface area contributed by atoms with Gasteiger partial charge in [-0.25, -0.2) is 0 Å². The predicted octanol–water partition coefficient (Wildman–Crippen LogP) is 5.91. The summed E-state index contributed by atoms with van der Waals surface area (Å²) in [6.07, 6.45) is 3.10. The highest BCUT2D eigenvalue weighted by Gasteiger charge is 2.16. The van der Waals surface area contributed by atoms with Crippen molar-refractivity contribution in [1.82, 2.24) is 4.98 Å². The van der Waals surface area contributed by atoms with Crippen molar-refractivity contribution in [1.29, 1.82) is 0 Å². The lowest BCUT2D eigenvalue weighted by atomic mass is 10.00. The number of unbranched alkanes of at least 4 members (excludes halogenated alkanes) is 1. The SMILES string of the molecule is NCCCCc1c(-c2ccccc2Oc2ccccc2)[nH]c2ccccc12. The van der Waals surface area contributed by atoms with Crippen LogP contribution in [0.15, 0.2) is 78.9 Å². The third kappa shape index (κ3) is 3.74. The number of H-pyrrole nitrogens is 1. The van der Waals surface area contributed by atoms with E-state index in [2.05, 4.69) is 41.4 Å². The first kappa shape index (κ1) is 17.4. The number of hydrogen-bond donors (Lipinski definition) is 2. The summed E-state index contributed by atoms with van der Waals surface area (Å²) < 4.78 is 6.20. The van der Waals surface area contributed by atoms with Crippen LogP contribution in [0.3, 0.4) is 0 Å². The fourth-order valence-corrected chi connectivity index (χ4v) is 3.51. The standard InChI is InChI=1S/C24H24N2O/c25-17-9-8-13-20-19-12-4-6-15-22(19)26-24(20)21-14-5-7-16-23(21)27-18-10-2-1-3-11-18/h1-7,10-12,14-16,26H,8-9,13,17,25H2. The molecular formula is C24H24N2O. The normalized spacial score (nSPS) is 11.0. The molecule has 1 heterocycles. The summed E-state index contributed by atoms with van der Waals surface area (Å²) in [6.45, 7) is 0.728. The molecular weight excluding hydrogens is 332 g/mol. The number of fused-ring (bicyclic) bond motifs is 1. The van der Waals surface area contributed by atoms with E-state index in [9.17, 15) is 0 Å². The zero-order valence-electron chi connectivity index (χ0n) is 15.3. The van der Waals surface area contributed by atoms with E-state index in [1.807, 2.05) is 42.5 Å². The highest BCUT2D eigenvalue weighted by molar-refractivity contribution is 5.91. The second-order valence-corrected chi connectivity index (χ2v) is 6.68. The zero-order chi connectivity index (χ0) is 18.5. The molecule has 3 aromatic carbocycles. The number of hydrogen-bond acceptors (Lipinski definition) is 2. The van der Waals surface area contributed by atoms with Crippen molar-refractivity contribution in [3.63, 3.8) is 0 Å². The Bertz CT molecular complexity index is 1020. The van der Waals surface area contributed by atoms with Gasteiger partial charge >= 0.3 is 0 Å². The van der Waals surface area contributed by atoms with Crippen LogP contribution in [-0.4, -0.2) is 11.5 Å². The monoisotopic (exact) mass is 356 g/mol. The van der Waals surface area contributed by atoms with Crippen LogP contribution >= 0.6 is 0 Å². The lowest BCUT2D eigenvalue weighted by molar-refractivity contribution is 0.484. The maximum absolute atomic E-state index is 6.20. The van der Waals surface area contributed by atoms with E-state index in [1.54, 1.807) is 0 Å². The minimum atomic E-state index is 0.728. The maximum atomic E-state index is 6.20. The average molecular weight is 356 g/mol. The Balaban J connectivity index is 1.79. The molecule has 0 aliphatic rings. The quantitative estimate of drug-likeness (QED) is 0.405. The molecule has 0 amide bonds. The summed E-state index contributed by atoms with van der Waals surface area (Å²) in [7, 11) is 0. The van der Waals surface area contributed by atoms with Gasteiger partial charge in [-0.3, -0.25) is 0 Å². The van der Waals surface area contributed by atoms with E-state index in [-0.39, 0.29) is 0 Å².